The molecule has 2 aromatic carbocycles. The number of nitrogens with zero attached hydrogens (tertiary/aromatic N) is 1. The molecule has 0 unspecified atom stereocenters. The second kappa shape index (κ2) is 6.84. The van der Waals surface area contributed by atoms with Crippen LogP contribution in [-0.2, 0) is 4.79 Å². The Morgan fingerprint density at radius 1 is 1.24 bits per heavy atom. The summed E-state index contributed by atoms with van der Waals surface area (Å²) in [5.74, 6) is 0.0463. The molecule has 25 heavy (non-hydrogen) atoms. The molecule has 1 saturated heterocycles. The van der Waals surface area contributed by atoms with Crippen molar-refractivity contribution in [3.63, 3.8) is 0 Å². The van der Waals surface area contributed by atoms with Crippen molar-refractivity contribution in [2.75, 3.05) is 23.9 Å². The van der Waals surface area contributed by atoms with Crippen LogP contribution in [0.2, 0.25) is 0 Å². The number of nitrogens with one attached hydrogen (secondary N) is 1. The fraction of sp³-hybridized carbons (Fsp3) is 0.263. The number of anilines is 2. The fourth-order valence-electron chi connectivity index (χ4n) is 2.97. The second-order valence-corrected chi connectivity index (χ2v) is 5.99. The Morgan fingerprint density at radius 2 is 2.04 bits per heavy atom. The SMILES string of the molecule is COc1ccc(C(=O)Nc2ccc(N3CCCC3=O)c(C)c2)c(O)c1. The van der Waals surface area contributed by atoms with E-state index in [1.54, 1.807) is 17.0 Å². The number of phenols is 1. The van der Waals surface area contributed by atoms with Gasteiger partial charge in [0.25, 0.3) is 5.91 Å². The minimum Gasteiger partial charge on any atom is -0.507 e. The number of rotatable bonds is 4. The van der Waals surface area contributed by atoms with Gasteiger partial charge in [-0.25, -0.2) is 0 Å². The van der Waals surface area contributed by atoms with Crippen molar-refractivity contribution in [2.24, 2.45) is 0 Å². The Balaban J connectivity index is 1.78. The van der Waals surface area contributed by atoms with Gasteiger partial charge >= 0.3 is 0 Å². The third kappa shape index (κ3) is 3.42. The van der Waals surface area contributed by atoms with E-state index in [4.69, 9.17) is 4.74 Å². The number of methoxy groups -OCH3 is 1. The topological polar surface area (TPSA) is 78.9 Å². The molecule has 0 spiro atoms. The fourth-order valence-corrected chi connectivity index (χ4v) is 2.97. The van der Waals surface area contributed by atoms with Gasteiger partial charge in [-0.3, -0.25) is 9.59 Å². The van der Waals surface area contributed by atoms with Gasteiger partial charge in [-0.05, 0) is 49.2 Å². The maximum atomic E-state index is 12.4. The lowest BCUT2D eigenvalue weighted by atomic mass is 10.1. The van der Waals surface area contributed by atoms with Gasteiger partial charge in [-0.1, -0.05) is 0 Å². The van der Waals surface area contributed by atoms with Crippen LogP contribution in [0.15, 0.2) is 36.4 Å². The molecule has 0 aromatic heterocycles. The van der Waals surface area contributed by atoms with Crippen LogP contribution in [0.3, 0.4) is 0 Å². The molecular formula is C19H20N2O4. The standard InChI is InChI=1S/C19H20N2O4/c1-12-10-13(5-8-16(12)21-9-3-4-18(21)23)20-19(24)15-7-6-14(25-2)11-17(15)22/h5-8,10-11,22H,3-4,9H2,1-2H3,(H,20,24). The van der Waals surface area contributed by atoms with Crippen LogP contribution in [0.5, 0.6) is 11.5 Å². The number of aryl methyl sites for hydroxylation is 1. The van der Waals surface area contributed by atoms with Crippen LogP contribution < -0.4 is 15.0 Å². The molecular weight excluding hydrogens is 320 g/mol. The first kappa shape index (κ1) is 16.8. The molecule has 130 valence electrons. The predicted octanol–water partition coefficient (Wildman–Crippen LogP) is 3.09. The highest BCUT2D eigenvalue weighted by atomic mass is 16.5. The number of ether oxygens (including phenoxy) is 1. The van der Waals surface area contributed by atoms with Crippen LogP contribution in [0, 0.1) is 6.92 Å². The highest BCUT2D eigenvalue weighted by Crippen LogP contribution is 2.28. The molecule has 2 N–H and O–H groups in total. The smallest absolute Gasteiger partial charge is 0.259 e. The number of hydrogen-bond donors (Lipinski definition) is 2. The summed E-state index contributed by atoms with van der Waals surface area (Å²) >= 11 is 0. The zero-order valence-electron chi connectivity index (χ0n) is 14.2. The lowest BCUT2D eigenvalue weighted by Crippen LogP contribution is -2.24. The summed E-state index contributed by atoms with van der Waals surface area (Å²) in [7, 11) is 1.49. The minimum atomic E-state index is -0.412. The Labute approximate surface area is 146 Å². The molecule has 6 nitrogen and oxygen atoms in total. The minimum absolute atomic E-state index is 0.128. The van der Waals surface area contributed by atoms with E-state index in [1.165, 1.54) is 19.2 Å². The Hall–Kier alpha value is -3.02. The quantitative estimate of drug-likeness (QED) is 0.896. The molecule has 0 aliphatic carbocycles. The molecule has 0 radical (unpaired) electrons. The van der Waals surface area contributed by atoms with Crippen molar-refractivity contribution in [3.8, 4) is 11.5 Å². The summed E-state index contributed by atoms with van der Waals surface area (Å²) in [6, 6.07) is 9.92. The van der Waals surface area contributed by atoms with Gasteiger partial charge in [0, 0.05) is 30.4 Å². The van der Waals surface area contributed by atoms with Crippen molar-refractivity contribution in [3.05, 3.63) is 47.5 Å². The highest BCUT2D eigenvalue weighted by molar-refractivity contribution is 6.06. The maximum absolute atomic E-state index is 12.4. The average molecular weight is 340 g/mol. The number of benzene rings is 2. The normalized spacial score (nSPS) is 13.8. The molecule has 1 heterocycles. The first-order valence-electron chi connectivity index (χ1n) is 8.09. The molecule has 1 aliphatic heterocycles. The molecule has 2 amide bonds. The maximum Gasteiger partial charge on any atom is 0.259 e. The number of aromatic hydroxyl groups is 1. The average Bonchev–Trinajstić information content (AvgIpc) is 3.00. The first-order chi connectivity index (χ1) is 12.0. The van der Waals surface area contributed by atoms with Gasteiger partial charge in [-0.2, -0.15) is 0 Å². The monoisotopic (exact) mass is 340 g/mol. The number of phenolic OH excluding ortho intramolecular Hbond substituents is 1. The summed E-state index contributed by atoms with van der Waals surface area (Å²) in [6.45, 7) is 2.63. The highest BCUT2D eigenvalue weighted by Gasteiger charge is 2.23. The van der Waals surface area contributed by atoms with E-state index in [1.807, 2.05) is 19.1 Å². The zero-order valence-corrected chi connectivity index (χ0v) is 14.2. The lowest BCUT2D eigenvalue weighted by molar-refractivity contribution is -0.117. The van der Waals surface area contributed by atoms with E-state index in [9.17, 15) is 14.7 Å². The van der Waals surface area contributed by atoms with Gasteiger partial charge in [0.2, 0.25) is 5.91 Å². The second-order valence-electron chi connectivity index (χ2n) is 5.99. The molecule has 0 saturated carbocycles. The van der Waals surface area contributed by atoms with Crippen LogP contribution in [0.25, 0.3) is 0 Å². The van der Waals surface area contributed by atoms with E-state index in [0.717, 1.165) is 24.2 Å². The summed E-state index contributed by atoms with van der Waals surface area (Å²) in [6.07, 6.45) is 1.45. The van der Waals surface area contributed by atoms with Crippen molar-refractivity contribution >= 4 is 23.2 Å². The molecule has 1 fully saturated rings. The predicted molar refractivity (Wildman–Crippen MR) is 95.4 cm³/mol. The summed E-state index contributed by atoms with van der Waals surface area (Å²) in [5.41, 5.74) is 2.55. The van der Waals surface area contributed by atoms with E-state index in [0.29, 0.717) is 17.9 Å². The molecule has 6 heteroatoms. The van der Waals surface area contributed by atoms with E-state index in [2.05, 4.69) is 5.32 Å². The molecule has 2 aromatic rings. The van der Waals surface area contributed by atoms with E-state index >= 15 is 0 Å². The largest absolute Gasteiger partial charge is 0.507 e. The van der Waals surface area contributed by atoms with Crippen molar-refractivity contribution in [2.45, 2.75) is 19.8 Å². The summed E-state index contributed by atoms with van der Waals surface area (Å²) in [4.78, 5) is 26.0. The van der Waals surface area contributed by atoms with Crippen LogP contribution in [-0.4, -0.2) is 30.6 Å². The third-order valence-corrected chi connectivity index (χ3v) is 4.27. The summed E-state index contributed by atoms with van der Waals surface area (Å²) < 4.78 is 5.01. The lowest BCUT2D eigenvalue weighted by Gasteiger charge is -2.19. The van der Waals surface area contributed by atoms with Gasteiger partial charge in [0.1, 0.15) is 11.5 Å². The third-order valence-electron chi connectivity index (χ3n) is 4.27. The Kier molecular flexibility index (Phi) is 4.61. The van der Waals surface area contributed by atoms with Crippen molar-refractivity contribution < 1.29 is 19.4 Å². The zero-order chi connectivity index (χ0) is 18.0. The van der Waals surface area contributed by atoms with Crippen molar-refractivity contribution in [1.82, 2.24) is 0 Å². The Morgan fingerprint density at radius 3 is 2.64 bits per heavy atom. The number of carbonyl (C=O) groups is 2. The van der Waals surface area contributed by atoms with Gasteiger partial charge in [0.15, 0.2) is 0 Å². The van der Waals surface area contributed by atoms with Gasteiger partial charge in [-0.15, -0.1) is 0 Å². The van der Waals surface area contributed by atoms with Gasteiger partial charge < -0.3 is 20.1 Å². The number of amides is 2. The number of hydrogen-bond acceptors (Lipinski definition) is 4. The molecule has 0 atom stereocenters. The van der Waals surface area contributed by atoms with Gasteiger partial charge in [0.05, 0.1) is 12.7 Å². The molecule has 1 aliphatic rings. The van der Waals surface area contributed by atoms with Crippen LogP contribution >= 0.6 is 0 Å². The van der Waals surface area contributed by atoms with Crippen LogP contribution in [0.4, 0.5) is 11.4 Å². The first-order valence-corrected chi connectivity index (χ1v) is 8.09. The van der Waals surface area contributed by atoms with E-state index < -0.39 is 5.91 Å². The van der Waals surface area contributed by atoms with Crippen molar-refractivity contribution in [1.29, 1.82) is 0 Å². The molecule has 3 rings (SSSR count). The Bertz CT molecular complexity index is 832. The van der Waals surface area contributed by atoms with Crippen LogP contribution in [0.1, 0.15) is 28.8 Å². The molecule has 0 bridgehead atoms. The summed E-state index contributed by atoms with van der Waals surface area (Å²) in [5, 5.41) is 12.7. The van der Waals surface area contributed by atoms with E-state index in [-0.39, 0.29) is 17.2 Å². The number of carbonyl (C=O) groups excluding carboxylic acids is 2.